The molecule has 4 rings (SSSR count). The fourth-order valence-electron chi connectivity index (χ4n) is 3.22. The van der Waals surface area contributed by atoms with Gasteiger partial charge in [0.05, 0.1) is 12.5 Å². The van der Waals surface area contributed by atoms with Gasteiger partial charge in [-0.25, -0.2) is 8.42 Å². The second-order valence-corrected chi connectivity index (χ2v) is 10.9. The van der Waals surface area contributed by atoms with Gasteiger partial charge in [0.25, 0.3) is 10.0 Å². The maximum Gasteiger partial charge on any atom is 0.252 e. The summed E-state index contributed by atoms with van der Waals surface area (Å²) >= 11 is 2.70. The van der Waals surface area contributed by atoms with Crippen LogP contribution in [0.1, 0.15) is 23.6 Å². The Balaban J connectivity index is 1.44. The molecular formula is C18H20N4O4S3. The largest absolute Gasteiger partial charge is 0.351 e. The van der Waals surface area contributed by atoms with Crippen LogP contribution < -0.4 is 5.32 Å². The third-order valence-corrected chi connectivity index (χ3v) is 8.88. The Kier molecular flexibility index (Phi) is 5.81. The molecule has 154 valence electrons. The first-order chi connectivity index (χ1) is 13.9. The predicted octanol–water partition coefficient (Wildman–Crippen LogP) is 2.89. The number of rotatable bonds is 6. The summed E-state index contributed by atoms with van der Waals surface area (Å²) in [6.45, 7) is 2.74. The van der Waals surface area contributed by atoms with E-state index in [1.165, 1.54) is 4.31 Å². The average molecular weight is 453 g/mol. The number of aryl methyl sites for hydroxylation is 1. The van der Waals surface area contributed by atoms with Crippen molar-refractivity contribution in [1.82, 2.24) is 19.8 Å². The van der Waals surface area contributed by atoms with Crippen molar-refractivity contribution >= 4 is 38.6 Å². The molecule has 1 fully saturated rings. The van der Waals surface area contributed by atoms with E-state index in [4.69, 9.17) is 4.52 Å². The van der Waals surface area contributed by atoms with Crippen molar-refractivity contribution in [2.75, 3.05) is 13.1 Å². The molecule has 3 aromatic heterocycles. The Bertz CT molecular complexity index is 1090. The summed E-state index contributed by atoms with van der Waals surface area (Å²) < 4.78 is 32.8. The molecule has 4 heterocycles. The molecule has 29 heavy (non-hydrogen) atoms. The highest BCUT2D eigenvalue weighted by Crippen LogP contribution is 2.31. The number of aromatic nitrogens is 2. The summed E-state index contributed by atoms with van der Waals surface area (Å²) in [5, 5.41) is 10.4. The smallest absolute Gasteiger partial charge is 0.252 e. The highest BCUT2D eigenvalue weighted by molar-refractivity contribution is 7.91. The van der Waals surface area contributed by atoms with E-state index in [1.54, 1.807) is 29.7 Å². The summed E-state index contributed by atoms with van der Waals surface area (Å²) in [7, 11) is -3.68. The zero-order valence-electron chi connectivity index (χ0n) is 15.7. The van der Waals surface area contributed by atoms with E-state index in [-0.39, 0.29) is 22.6 Å². The van der Waals surface area contributed by atoms with E-state index in [0.717, 1.165) is 16.2 Å². The lowest BCUT2D eigenvalue weighted by Gasteiger charge is -2.30. The molecule has 1 atom stereocenters. The van der Waals surface area contributed by atoms with Crippen molar-refractivity contribution in [2.45, 2.75) is 30.5 Å². The quantitative estimate of drug-likeness (QED) is 0.617. The second kappa shape index (κ2) is 8.34. The van der Waals surface area contributed by atoms with Crippen LogP contribution in [0.5, 0.6) is 0 Å². The van der Waals surface area contributed by atoms with E-state index < -0.39 is 10.0 Å². The van der Waals surface area contributed by atoms with Crippen LogP contribution in [-0.4, -0.2) is 41.9 Å². The number of carbonyl (C=O) groups is 1. The number of carbonyl (C=O) groups excluding carboxylic acids is 1. The third kappa shape index (κ3) is 4.42. The van der Waals surface area contributed by atoms with Crippen molar-refractivity contribution in [3.63, 3.8) is 0 Å². The van der Waals surface area contributed by atoms with Crippen LogP contribution in [0.15, 0.2) is 37.7 Å². The van der Waals surface area contributed by atoms with Crippen LogP contribution in [0.25, 0.3) is 11.4 Å². The summed E-state index contributed by atoms with van der Waals surface area (Å²) in [6.07, 6.45) is 1.33. The Labute approximate surface area is 176 Å². The van der Waals surface area contributed by atoms with E-state index in [9.17, 15) is 13.2 Å². The Morgan fingerprint density at radius 1 is 1.41 bits per heavy atom. The first-order valence-electron chi connectivity index (χ1n) is 9.13. The molecule has 0 aliphatic carbocycles. The number of hydrogen-bond acceptors (Lipinski definition) is 8. The highest BCUT2D eigenvalue weighted by Gasteiger charge is 2.34. The van der Waals surface area contributed by atoms with Gasteiger partial charge in [0, 0.05) is 35.8 Å². The zero-order valence-corrected chi connectivity index (χ0v) is 18.1. The van der Waals surface area contributed by atoms with E-state index >= 15 is 0 Å². The van der Waals surface area contributed by atoms with Crippen molar-refractivity contribution in [3.05, 3.63) is 39.7 Å². The van der Waals surface area contributed by atoms with Gasteiger partial charge in [0.1, 0.15) is 4.21 Å². The lowest BCUT2D eigenvalue weighted by molar-refractivity contribution is -0.126. The molecule has 0 radical (unpaired) electrons. The molecule has 1 aliphatic rings. The van der Waals surface area contributed by atoms with Crippen LogP contribution in [0.2, 0.25) is 0 Å². The zero-order chi connectivity index (χ0) is 20.4. The number of nitrogens with zero attached hydrogens (tertiary/aromatic N) is 3. The molecule has 1 saturated heterocycles. The molecule has 0 aromatic carbocycles. The minimum Gasteiger partial charge on any atom is -0.351 e. The molecule has 0 saturated carbocycles. The van der Waals surface area contributed by atoms with Gasteiger partial charge in [0.2, 0.25) is 17.6 Å². The van der Waals surface area contributed by atoms with Crippen LogP contribution in [0.3, 0.4) is 0 Å². The number of amides is 1. The SMILES string of the molecule is Cc1nc(-c2csc(S(=O)(=O)N3CCC[C@@H](C(=O)NCc4cccs4)C3)c2)no1. The van der Waals surface area contributed by atoms with Crippen molar-refractivity contribution in [1.29, 1.82) is 0 Å². The van der Waals surface area contributed by atoms with Gasteiger partial charge < -0.3 is 9.84 Å². The predicted molar refractivity (Wildman–Crippen MR) is 110 cm³/mol. The summed E-state index contributed by atoms with van der Waals surface area (Å²) in [5.41, 5.74) is 0.604. The molecular weight excluding hydrogens is 432 g/mol. The average Bonchev–Trinajstić information content (AvgIpc) is 3.47. The van der Waals surface area contributed by atoms with Gasteiger partial charge in [-0.05, 0) is 30.4 Å². The van der Waals surface area contributed by atoms with Crippen molar-refractivity contribution in [3.8, 4) is 11.4 Å². The minimum absolute atomic E-state index is 0.104. The molecule has 8 nitrogen and oxygen atoms in total. The molecule has 0 unspecified atom stereocenters. The van der Waals surface area contributed by atoms with E-state index in [1.807, 2.05) is 17.5 Å². The van der Waals surface area contributed by atoms with Gasteiger partial charge in [-0.15, -0.1) is 22.7 Å². The molecule has 1 N–H and O–H groups in total. The fourth-order valence-corrected chi connectivity index (χ4v) is 6.70. The number of thiophene rings is 2. The number of piperidine rings is 1. The van der Waals surface area contributed by atoms with Crippen LogP contribution in [0.4, 0.5) is 0 Å². The molecule has 11 heteroatoms. The maximum atomic E-state index is 13.1. The van der Waals surface area contributed by atoms with Gasteiger partial charge in [-0.1, -0.05) is 11.2 Å². The fraction of sp³-hybridized carbons (Fsp3) is 0.389. The van der Waals surface area contributed by atoms with Crippen molar-refractivity contribution < 1.29 is 17.7 Å². The number of nitrogens with one attached hydrogen (secondary N) is 1. The van der Waals surface area contributed by atoms with Crippen molar-refractivity contribution in [2.24, 2.45) is 5.92 Å². The second-order valence-electron chi connectivity index (χ2n) is 6.79. The van der Waals surface area contributed by atoms with Gasteiger partial charge in [0.15, 0.2) is 0 Å². The summed E-state index contributed by atoms with van der Waals surface area (Å²) in [4.78, 5) is 17.7. The Morgan fingerprint density at radius 3 is 3.00 bits per heavy atom. The summed E-state index contributed by atoms with van der Waals surface area (Å²) in [5.74, 6) is 0.331. The monoisotopic (exact) mass is 452 g/mol. The normalized spacial score (nSPS) is 18.0. The van der Waals surface area contributed by atoms with Crippen LogP contribution >= 0.6 is 22.7 Å². The topological polar surface area (TPSA) is 105 Å². The lowest BCUT2D eigenvalue weighted by atomic mass is 9.99. The molecule has 3 aromatic rings. The van der Waals surface area contributed by atoms with Crippen LogP contribution in [0, 0.1) is 12.8 Å². The highest BCUT2D eigenvalue weighted by atomic mass is 32.2. The molecule has 1 amide bonds. The lowest BCUT2D eigenvalue weighted by Crippen LogP contribution is -2.45. The molecule has 1 aliphatic heterocycles. The van der Waals surface area contributed by atoms with Gasteiger partial charge in [-0.2, -0.15) is 9.29 Å². The number of hydrogen-bond donors (Lipinski definition) is 1. The molecule has 0 spiro atoms. The Hall–Kier alpha value is -2.08. The van der Waals surface area contributed by atoms with Crippen LogP contribution in [-0.2, 0) is 21.4 Å². The maximum absolute atomic E-state index is 13.1. The third-order valence-electron chi connectivity index (χ3n) is 4.73. The molecule has 0 bridgehead atoms. The minimum atomic E-state index is -3.68. The van der Waals surface area contributed by atoms with E-state index in [0.29, 0.717) is 43.2 Å². The summed E-state index contributed by atoms with van der Waals surface area (Å²) in [6, 6.07) is 5.46. The number of sulfonamides is 1. The van der Waals surface area contributed by atoms with Gasteiger partial charge >= 0.3 is 0 Å². The Morgan fingerprint density at radius 2 is 2.28 bits per heavy atom. The standard InChI is InChI=1S/C18H20N4O4S3/c1-12-20-17(21-26-12)14-8-16(28-11-14)29(24,25)22-6-2-4-13(10-22)18(23)19-9-15-5-3-7-27-15/h3,5,7-8,11,13H,2,4,6,9-10H2,1H3,(H,19,23)/t13-/m1/s1. The van der Waals surface area contributed by atoms with Gasteiger partial charge in [-0.3, -0.25) is 4.79 Å². The van der Waals surface area contributed by atoms with E-state index in [2.05, 4.69) is 15.5 Å². The first kappa shape index (κ1) is 20.2. The first-order valence-corrected chi connectivity index (χ1v) is 12.3.